The first-order valence-electron chi connectivity index (χ1n) is 17.7. The first-order chi connectivity index (χ1) is 25.0. The van der Waals surface area contributed by atoms with E-state index in [9.17, 15) is 0 Å². The minimum atomic E-state index is -0.0377. The summed E-state index contributed by atoms with van der Waals surface area (Å²) in [7, 11) is 0. The van der Waals surface area contributed by atoms with Gasteiger partial charge >= 0.3 is 0 Å². The first kappa shape index (κ1) is 29.5. The maximum atomic E-state index is 6.38. The van der Waals surface area contributed by atoms with E-state index in [0.29, 0.717) is 0 Å². The molecule has 0 fully saturated rings. The Morgan fingerprint density at radius 2 is 1.04 bits per heavy atom. The molecular weight excluding hydrogens is 619 g/mol. The number of furan rings is 1. The van der Waals surface area contributed by atoms with Gasteiger partial charge in [0.1, 0.15) is 11.2 Å². The molecule has 242 valence electrons. The van der Waals surface area contributed by atoms with Gasteiger partial charge in [-0.3, -0.25) is 0 Å². The van der Waals surface area contributed by atoms with E-state index in [-0.39, 0.29) is 5.41 Å². The highest BCUT2D eigenvalue weighted by Crippen LogP contribution is 2.49. The Hall–Kier alpha value is -6.38. The number of hydrogen-bond acceptors (Lipinski definition) is 2. The number of anilines is 3. The van der Waals surface area contributed by atoms with Crippen LogP contribution in [-0.4, -0.2) is 0 Å². The monoisotopic (exact) mass is 653 g/mol. The lowest BCUT2D eigenvalue weighted by molar-refractivity contribution is 0.660. The van der Waals surface area contributed by atoms with Gasteiger partial charge in [0, 0.05) is 39.3 Å². The number of hydrogen-bond donors (Lipinski definition) is 0. The van der Waals surface area contributed by atoms with E-state index < -0.39 is 0 Å². The van der Waals surface area contributed by atoms with Crippen LogP contribution in [0.2, 0.25) is 0 Å². The van der Waals surface area contributed by atoms with Crippen molar-refractivity contribution in [1.82, 2.24) is 0 Å². The van der Waals surface area contributed by atoms with Crippen LogP contribution in [0.15, 0.2) is 180 Å². The van der Waals surface area contributed by atoms with Crippen LogP contribution in [-0.2, 0) is 5.41 Å². The molecule has 2 heteroatoms. The molecule has 1 heterocycles. The Kier molecular flexibility index (Phi) is 6.56. The minimum absolute atomic E-state index is 0.0377. The molecule has 0 unspecified atom stereocenters. The highest BCUT2D eigenvalue weighted by Gasteiger charge is 2.35. The summed E-state index contributed by atoms with van der Waals surface area (Å²) in [5.41, 5.74) is 15.2. The van der Waals surface area contributed by atoms with Crippen molar-refractivity contribution in [3.8, 4) is 33.4 Å². The van der Waals surface area contributed by atoms with Crippen LogP contribution in [0.3, 0.4) is 0 Å². The summed E-state index contributed by atoms with van der Waals surface area (Å²) in [5.74, 6) is 0. The summed E-state index contributed by atoms with van der Waals surface area (Å²) in [6, 6.07) is 63.7. The predicted octanol–water partition coefficient (Wildman–Crippen LogP) is 13.8. The molecule has 1 aliphatic carbocycles. The third kappa shape index (κ3) is 4.79. The molecule has 8 aromatic carbocycles. The second-order valence-electron chi connectivity index (χ2n) is 14.2. The summed E-state index contributed by atoms with van der Waals surface area (Å²) >= 11 is 0. The lowest BCUT2D eigenvalue weighted by Crippen LogP contribution is -2.14. The van der Waals surface area contributed by atoms with Crippen molar-refractivity contribution in [2.24, 2.45) is 0 Å². The lowest BCUT2D eigenvalue weighted by Gasteiger charge is -2.26. The highest BCUT2D eigenvalue weighted by molar-refractivity contribution is 6.06. The van der Waals surface area contributed by atoms with Gasteiger partial charge in [-0.25, -0.2) is 0 Å². The topological polar surface area (TPSA) is 16.4 Å². The Morgan fingerprint density at radius 1 is 0.392 bits per heavy atom. The molecule has 1 aromatic heterocycles. The molecule has 9 aromatic rings. The molecule has 0 atom stereocenters. The zero-order valence-electron chi connectivity index (χ0n) is 28.6. The minimum Gasteiger partial charge on any atom is -0.456 e. The summed E-state index contributed by atoms with van der Waals surface area (Å²) in [6.07, 6.45) is 0. The molecule has 0 saturated heterocycles. The van der Waals surface area contributed by atoms with Crippen LogP contribution in [0.1, 0.15) is 25.0 Å². The number of rotatable bonds is 5. The highest BCUT2D eigenvalue weighted by atomic mass is 16.3. The van der Waals surface area contributed by atoms with Crippen LogP contribution in [0, 0.1) is 0 Å². The van der Waals surface area contributed by atoms with Crippen molar-refractivity contribution >= 4 is 49.8 Å². The van der Waals surface area contributed by atoms with Gasteiger partial charge in [-0.1, -0.05) is 129 Å². The van der Waals surface area contributed by atoms with E-state index in [1.165, 1.54) is 55.3 Å². The number of nitrogens with zero attached hydrogens (tertiary/aromatic N) is 1. The lowest BCUT2D eigenvalue weighted by atomic mass is 9.81. The van der Waals surface area contributed by atoms with Crippen molar-refractivity contribution in [3.63, 3.8) is 0 Å². The summed E-state index contributed by atoms with van der Waals surface area (Å²) in [6.45, 7) is 4.68. The molecule has 0 amide bonds. The Labute approximate surface area is 297 Å². The quantitative estimate of drug-likeness (QED) is 0.184. The third-order valence-electron chi connectivity index (χ3n) is 10.9. The smallest absolute Gasteiger partial charge is 0.137 e. The third-order valence-corrected chi connectivity index (χ3v) is 10.9. The molecule has 10 rings (SSSR count). The predicted molar refractivity (Wildman–Crippen MR) is 214 cm³/mol. The molecule has 0 saturated carbocycles. The molecular formula is C49H35NO. The van der Waals surface area contributed by atoms with E-state index in [4.69, 9.17) is 4.42 Å². The fraction of sp³-hybridized carbons (Fsp3) is 0.0612. The molecule has 0 spiro atoms. The summed E-state index contributed by atoms with van der Waals surface area (Å²) < 4.78 is 6.38. The fourth-order valence-electron chi connectivity index (χ4n) is 8.18. The molecule has 2 nitrogen and oxygen atoms in total. The van der Waals surface area contributed by atoms with Gasteiger partial charge in [0.2, 0.25) is 0 Å². The van der Waals surface area contributed by atoms with Crippen LogP contribution in [0.25, 0.3) is 66.1 Å². The van der Waals surface area contributed by atoms with Crippen LogP contribution in [0.4, 0.5) is 17.1 Å². The van der Waals surface area contributed by atoms with Crippen LogP contribution in [0.5, 0.6) is 0 Å². The van der Waals surface area contributed by atoms with Crippen molar-refractivity contribution in [1.29, 1.82) is 0 Å². The summed E-state index contributed by atoms with van der Waals surface area (Å²) in [4.78, 5) is 2.34. The van der Waals surface area contributed by atoms with Gasteiger partial charge in [-0.2, -0.15) is 0 Å². The van der Waals surface area contributed by atoms with Gasteiger partial charge < -0.3 is 9.32 Å². The number of benzene rings is 8. The largest absolute Gasteiger partial charge is 0.456 e. The zero-order chi connectivity index (χ0) is 34.1. The second-order valence-corrected chi connectivity index (χ2v) is 14.2. The fourth-order valence-corrected chi connectivity index (χ4v) is 8.18. The van der Waals surface area contributed by atoms with Crippen LogP contribution >= 0.6 is 0 Å². The molecule has 0 radical (unpaired) electrons. The van der Waals surface area contributed by atoms with E-state index in [0.717, 1.165) is 39.0 Å². The van der Waals surface area contributed by atoms with E-state index in [1.807, 2.05) is 12.1 Å². The maximum Gasteiger partial charge on any atom is 0.137 e. The first-order valence-corrected chi connectivity index (χ1v) is 17.7. The van der Waals surface area contributed by atoms with Gasteiger partial charge in [0.05, 0.1) is 0 Å². The van der Waals surface area contributed by atoms with E-state index in [1.54, 1.807) is 0 Å². The standard InChI is InChI=1S/C49H35NO/c1-49(2)45-16-7-5-14-41(45)42-26-22-37(30-46(42)49)33-20-23-38(24-21-33)50(40-25-27-44-43-15-6-8-17-47(43)51-48(44)31-40)39-13-9-12-35(29-39)36-19-18-32-10-3-4-11-34(32)28-36/h3-31H,1-2H3. The molecule has 1 aliphatic rings. The molecule has 0 aliphatic heterocycles. The van der Waals surface area contributed by atoms with Gasteiger partial charge in [-0.05, 0) is 110 Å². The maximum absolute atomic E-state index is 6.38. The zero-order valence-corrected chi connectivity index (χ0v) is 28.6. The van der Waals surface area contributed by atoms with Crippen molar-refractivity contribution in [3.05, 3.63) is 187 Å². The Morgan fingerprint density at radius 3 is 1.94 bits per heavy atom. The van der Waals surface area contributed by atoms with Crippen LogP contribution < -0.4 is 4.90 Å². The average molecular weight is 654 g/mol. The average Bonchev–Trinajstić information content (AvgIpc) is 3.66. The Balaban J connectivity index is 1.08. The Bertz CT molecular complexity index is 2780. The van der Waals surface area contributed by atoms with E-state index in [2.05, 4.69) is 183 Å². The van der Waals surface area contributed by atoms with E-state index >= 15 is 0 Å². The molecule has 0 N–H and O–H groups in total. The van der Waals surface area contributed by atoms with Gasteiger partial charge in [-0.15, -0.1) is 0 Å². The molecule has 0 bridgehead atoms. The van der Waals surface area contributed by atoms with Gasteiger partial charge in [0.15, 0.2) is 0 Å². The van der Waals surface area contributed by atoms with Gasteiger partial charge in [0.25, 0.3) is 0 Å². The normalized spacial score (nSPS) is 13.1. The van der Waals surface area contributed by atoms with Crippen molar-refractivity contribution in [2.45, 2.75) is 19.3 Å². The SMILES string of the molecule is CC1(C)c2ccccc2-c2ccc(-c3ccc(N(c4cccc(-c5ccc6ccccc6c5)c4)c4ccc5c(c4)oc4ccccc45)cc3)cc21. The van der Waals surface area contributed by atoms with Crippen molar-refractivity contribution < 1.29 is 4.42 Å². The summed E-state index contributed by atoms with van der Waals surface area (Å²) in [5, 5.41) is 4.74. The second kappa shape index (κ2) is 11.3. The number of fused-ring (bicyclic) bond motifs is 7. The van der Waals surface area contributed by atoms with Crippen molar-refractivity contribution in [2.75, 3.05) is 4.90 Å². The molecule has 51 heavy (non-hydrogen) atoms. The number of para-hydroxylation sites is 1.